The number of pyridine rings is 1. The number of aromatic nitrogens is 1. The standard InChI is InChI=1S/C13H10Cl2N2O2/c14-10-6-11(15)12(16-7-10)17-13(18)19-8-9-4-2-1-3-5-9/h1-7H,8H2,(H,16,17,18). The summed E-state index contributed by atoms with van der Waals surface area (Å²) in [4.78, 5) is 15.5. The Kier molecular flexibility index (Phi) is 4.60. The Morgan fingerprint density at radius 3 is 2.68 bits per heavy atom. The van der Waals surface area contributed by atoms with E-state index in [1.54, 1.807) is 0 Å². The lowest BCUT2D eigenvalue weighted by Gasteiger charge is -2.07. The lowest BCUT2D eigenvalue weighted by molar-refractivity contribution is 0.155. The van der Waals surface area contributed by atoms with E-state index in [2.05, 4.69) is 10.3 Å². The highest BCUT2D eigenvalue weighted by atomic mass is 35.5. The van der Waals surface area contributed by atoms with Crippen LogP contribution in [0, 0.1) is 0 Å². The van der Waals surface area contributed by atoms with Gasteiger partial charge in [-0.05, 0) is 11.6 Å². The first-order valence-electron chi connectivity index (χ1n) is 5.44. The Hall–Kier alpha value is -1.78. The smallest absolute Gasteiger partial charge is 0.413 e. The van der Waals surface area contributed by atoms with Gasteiger partial charge in [-0.25, -0.2) is 9.78 Å². The number of ether oxygens (including phenoxy) is 1. The molecule has 98 valence electrons. The van der Waals surface area contributed by atoms with Gasteiger partial charge in [0.2, 0.25) is 0 Å². The zero-order valence-corrected chi connectivity index (χ0v) is 11.3. The molecule has 0 aliphatic carbocycles. The second-order valence-electron chi connectivity index (χ2n) is 3.67. The van der Waals surface area contributed by atoms with E-state index in [4.69, 9.17) is 27.9 Å². The lowest BCUT2D eigenvalue weighted by Crippen LogP contribution is -2.14. The normalized spacial score (nSPS) is 10.0. The molecule has 0 saturated heterocycles. The molecule has 6 heteroatoms. The summed E-state index contributed by atoms with van der Waals surface area (Å²) in [5, 5.41) is 3.10. The highest BCUT2D eigenvalue weighted by molar-refractivity contribution is 6.36. The van der Waals surface area contributed by atoms with Crippen LogP contribution in [0.1, 0.15) is 5.56 Å². The molecule has 0 saturated carbocycles. The number of halogens is 2. The molecule has 1 amide bonds. The maximum Gasteiger partial charge on any atom is 0.413 e. The van der Waals surface area contributed by atoms with Crippen LogP contribution in [0.15, 0.2) is 42.6 Å². The molecule has 1 aromatic heterocycles. The molecule has 2 rings (SSSR count). The average molecular weight is 297 g/mol. The van der Waals surface area contributed by atoms with E-state index in [9.17, 15) is 4.79 Å². The Morgan fingerprint density at radius 1 is 1.26 bits per heavy atom. The fourth-order valence-corrected chi connectivity index (χ4v) is 1.79. The van der Waals surface area contributed by atoms with Crippen LogP contribution < -0.4 is 5.32 Å². The van der Waals surface area contributed by atoms with E-state index >= 15 is 0 Å². The van der Waals surface area contributed by atoms with Gasteiger partial charge in [0, 0.05) is 6.20 Å². The SMILES string of the molecule is O=C(Nc1ncc(Cl)cc1Cl)OCc1ccccc1. The molecule has 0 bridgehead atoms. The molecule has 1 N–H and O–H groups in total. The number of nitrogens with one attached hydrogen (secondary N) is 1. The molecule has 0 spiro atoms. The van der Waals surface area contributed by atoms with Crippen LogP contribution in [-0.2, 0) is 11.3 Å². The van der Waals surface area contributed by atoms with Gasteiger partial charge in [0.25, 0.3) is 0 Å². The van der Waals surface area contributed by atoms with Crippen molar-refractivity contribution < 1.29 is 9.53 Å². The van der Waals surface area contributed by atoms with Crippen molar-refractivity contribution in [1.29, 1.82) is 0 Å². The molecular formula is C13H10Cl2N2O2. The average Bonchev–Trinajstić information content (AvgIpc) is 2.41. The van der Waals surface area contributed by atoms with E-state index in [1.807, 2.05) is 30.3 Å². The van der Waals surface area contributed by atoms with Gasteiger partial charge in [-0.15, -0.1) is 0 Å². The number of hydrogen-bond donors (Lipinski definition) is 1. The van der Waals surface area contributed by atoms with Crippen LogP contribution in [0.25, 0.3) is 0 Å². The van der Waals surface area contributed by atoms with E-state index in [-0.39, 0.29) is 17.4 Å². The van der Waals surface area contributed by atoms with Crippen molar-refractivity contribution in [3.8, 4) is 0 Å². The molecule has 0 aliphatic heterocycles. The number of benzene rings is 1. The topological polar surface area (TPSA) is 51.2 Å². The largest absolute Gasteiger partial charge is 0.444 e. The molecule has 0 aliphatic rings. The Labute approximate surface area is 120 Å². The molecule has 0 radical (unpaired) electrons. The van der Waals surface area contributed by atoms with Crippen LogP contribution in [0.4, 0.5) is 10.6 Å². The molecule has 0 atom stereocenters. The Balaban J connectivity index is 1.91. The van der Waals surface area contributed by atoms with Crippen LogP contribution in [0.2, 0.25) is 10.0 Å². The molecule has 19 heavy (non-hydrogen) atoms. The van der Waals surface area contributed by atoms with Crippen molar-refractivity contribution in [3.05, 3.63) is 58.2 Å². The van der Waals surface area contributed by atoms with Gasteiger partial charge in [0.05, 0.1) is 10.0 Å². The fourth-order valence-electron chi connectivity index (χ4n) is 1.36. The van der Waals surface area contributed by atoms with Crippen LogP contribution in [0.5, 0.6) is 0 Å². The van der Waals surface area contributed by atoms with Crippen molar-refractivity contribution in [2.24, 2.45) is 0 Å². The highest BCUT2D eigenvalue weighted by Gasteiger charge is 2.08. The van der Waals surface area contributed by atoms with E-state index in [1.165, 1.54) is 12.3 Å². The minimum Gasteiger partial charge on any atom is -0.444 e. The van der Waals surface area contributed by atoms with Crippen LogP contribution in [0.3, 0.4) is 0 Å². The summed E-state index contributed by atoms with van der Waals surface area (Å²) in [6.07, 6.45) is 0.765. The van der Waals surface area contributed by atoms with Crippen molar-refractivity contribution in [3.63, 3.8) is 0 Å². The highest BCUT2D eigenvalue weighted by Crippen LogP contribution is 2.22. The van der Waals surface area contributed by atoms with E-state index < -0.39 is 6.09 Å². The number of anilines is 1. The summed E-state index contributed by atoms with van der Waals surface area (Å²) in [7, 11) is 0. The number of nitrogens with zero attached hydrogens (tertiary/aromatic N) is 1. The van der Waals surface area contributed by atoms with Gasteiger partial charge < -0.3 is 4.74 Å². The molecule has 1 heterocycles. The molecule has 2 aromatic rings. The van der Waals surface area contributed by atoms with Gasteiger partial charge in [-0.2, -0.15) is 0 Å². The third-order valence-electron chi connectivity index (χ3n) is 2.24. The van der Waals surface area contributed by atoms with Gasteiger partial charge in [-0.1, -0.05) is 53.5 Å². The summed E-state index contributed by atoms with van der Waals surface area (Å²) in [6, 6.07) is 10.8. The van der Waals surface area contributed by atoms with Crippen LogP contribution >= 0.6 is 23.2 Å². The monoisotopic (exact) mass is 296 g/mol. The zero-order chi connectivity index (χ0) is 13.7. The third kappa shape index (κ3) is 4.12. The predicted molar refractivity (Wildman–Crippen MR) is 74.5 cm³/mol. The van der Waals surface area contributed by atoms with Gasteiger partial charge in [0.1, 0.15) is 6.61 Å². The Bertz CT molecular complexity index is 576. The minimum absolute atomic E-state index is 0.178. The number of carbonyl (C=O) groups is 1. The number of hydrogen-bond acceptors (Lipinski definition) is 3. The van der Waals surface area contributed by atoms with Crippen molar-refractivity contribution >= 4 is 35.1 Å². The molecule has 0 unspecified atom stereocenters. The van der Waals surface area contributed by atoms with Crippen LogP contribution in [-0.4, -0.2) is 11.1 Å². The Morgan fingerprint density at radius 2 is 2.00 bits per heavy atom. The van der Waals surface area contributed by atoms with E-state index in [0.717, 1.165) is 5.56 Å². The van der Waals surface area contributed by atoms with E-state index in [0.29, 0.717) is 5.02 Å². The van der Waals surface area contributed by atoms with Crippen molar-refractivity contribution in [2.75, 3.05) is 5.32 Å². The second kappa shape index (κ2) is 6.41. The summed E-state index contributed by atoms with van der Waals surface area (Å²) < 4.78 is 5.04. The van der Waals surface area contributed by atoms with Crippen molar-refractivity contribution in [2.45, 2.75) is 6.61 Å². The number of carbonyl (C=O) groups excluding carboxylic acids is 1. The summed E-state index contributed by atoms with van der Waals surface area (Å²) in [5.74, 6) is 0.212. The van der Waals surface area contributed by atoms with Gasteiger partial charge in [0.15, 0.2) is 5.82 Å². The summed E-state index contributed by atoms with van der Waals surface area (Å²) >= 11 is 11.6. The fraction of sp³-hybridized carbons (Fsp3) is 0.0769. The maximum absolute atomic E-state index is 11.6. The second-order valence-corrected chi connectivity index (χ2v) is 4.51. The lowest BCUT2D eigenvalue weighted by atomic mass is 10.2. The maximum atomic E-state index is 11.6. The third-order valence-corrected chi connectivity index (χ3v) is 2.74. The number of amides is 1. The quantitative estimate of drug-likeness (QED) is 0.926. The minimum atomic E-state index is -0.624. The molecule has 0 fully saturated rings. The first kappa shape index (κ1) is 13.6. The number of rotatable bonds is 3. The van der Waals surface area contributed by atoms with Gasteiger partial charge >= 0.3 is 6.09 Å². The molecule has 4 nitrogen and oxygen atoms in total. The first-order valence-corrected chi connectivity index (χ1v) is 6.19. The first-order chi connectivity index (χ1) is 9.15. The summed E-state index contributed by atoms with van der Waals surface area (Å²) in [5.41, 5.74) is 0.896. The summed E-state index contributed by atoms with van der Waals surface area (Å²) in [6.45, 7) is 0.178. The molecule has 1 aromatic carbocycles. The predicted octanol–water partition coefficient (Wildman–Crippen LogP) is 4.14. The zero-order valence-electron chi connectivity index (χ0n) is 9.77. The molecular weight excluding hydrogens is 287 g/mol. The van der Waals surface area contributed by atoms with Crippen molar-refractivity contribution in [1.82, 2.24) is 4.98 Å². The van der Waals surface area contributed by atoms with Gasteiger partial charge in [-0.3, -0.25) is 5.32 Å².